The second-order valence-corrected chi connectivity index (χ2v) is 5.22. The molecule has 0 heterocycles. The van der Waals surface area contributed by atoms with Crippen molar-refractivity contribution in [3.05, 3.63) is 0 Å². The van der Waals surface area contributed by atoms with Gasteiger partial charge in [-0.05, 0) is 0 Å². The van der Waals surface area contributed by atoms with Crippen LogP contribution in [0.1, 0.15) is 33.6 Å². The van der Waals surface area contributed by atoms with Crippen molar-refractivity contribution < 1.29 is 29.3 Å². The van der Waals surface area contributed by atoms with Gasteiger partial charge in [0.15, 0.2) is 0 Å². The molecular formula is C13H23NO6. The average molecular weight is 289 g/mol. The minimum atomic E-state index is -1.34. The number of aliphatic hydroxyl groups is 2. The Morgan fingerprint density at radius 2 is 1.85 bits per heavy atom. The summed E-state index contributed by atoms with van der Waals surface area (Å²) in [6, 6.07) is 0. The summed E-state index contributed by atoms with van der Waals surface area (Å²) in [4.78, 5) is 33.5. The molecule has 0 aromatic heterocycles. The average Bonchev–Trinajstić information content (AvgIpc) is 2.37. The van der Waals surface area contributed by atoms with Gasteiger partial charge in [0.1, 0.15) is 11.9 Å². The SMILES string of the molecule is CC(=O)OCCC(=O)CCNC(=O)[C@H](O)C(C)(C)CO. The molecule has 7 nitrogen and oxygen atoms in total. The molecule has 0 rings (SSSR count). The van der Waals surface area contributed by atoms with E-state index in [-0.39, 0.29) is 38.4 Å². The molecule has 0 unspecified atom stereocenters. The van der Waals surface area contributed by atoms with Gasteiger partial charge in [-0.2, -0.15) is 0 Å². The number of carbonyl (C=O) groups is 3. The smallest absolute Gasteiger partial charge is 0.302 e. The summed E-state index contributed by atoms with van der Waals surface area (Å²) < 4.78 is 4.62. The summed E-state index contributed by atoms with van der Waals surface area (Å²) in [6.07, 6.45) is -1.15. The molecule has 1 atom stereocenters. The maximum atomic E-state index is 11.6. The molecule has 20 heavy (non-hydrogen) atoms. The number of hydrogen-bond donors (Lipinski definition) is 3. The van der Waals surface area contributed by atoms with E-state index in [0.717, 1.165) is 0 Å². The molecule has 0 aliphatic carbocycles. The normalized spacial score (nSPS) is 12.7. The predicted molar refractivity (Wildman–Crippen MR) is 70.8 cm³/mol. The van der Waals surface area contributed by atoms with Crippen molar-refractivity contribution in [2.24, 2.45) is 5.41 Å². The number of nitrogens with one attached hydrogen (secondary N) is 1. The molecule has 0 spiro atoms. The number of ketones is 1. The topological polar surface area (TPSA) is 113 Å². The van der Waals surface area contributed by atoms with Crippen LogP contribution in [0.5, 0.6) is 0 Å². The van der Waals surface area contributed by atoms with E-state index in [0.29, 0.717) is 0 Å². The third kappa shape index (κ3) is 7.20. The lowest BCUT2D eigenvalue weighted by Crippen LogP contribution is -2.46. The molecule has 0 aromatic carbocycles. The van der Waals surface area contributed by atoms with E-state index in [4.69, 9.17) is 5.11 Å². The molecule has 0 aliphatic rings. The van der Waals surface area contributed by atoms with Crippen LogP contribution in [0.4, 0.5) is 0 Å². The number of rotatable bonds is 9. The Kier molecular flexibility index (Phi) is 8.02. The zero-order valence-electron chi connectivity index (χ0n) is 12.1. The van der Waals surface area contributed by atoms with Crippen LogP contribution in [0, 0.1) is 5.41 Å². The summed E-state index contributed by atoms with van der Waals surface area (Å²) in [5.41, 5.74) is -0.941. The summed E-state index contributed by atoms with van der Waals surface area (Å²) in [7, 11) is 0. The lowest BCUT2D eigenvalue weighted by molar-refractivity contribution is -0.141. The van der Waals surface area contributed by atoms with Gasteiger partial charge in [-0.15, -0.1) is 0 Å². The minimum absolute atomic E-state index is 0.0300. The van der Waals surface area contributed by atoms with E-state index in [2.05, 4.69) is 10.1 Å². The lowest BCUT2D eigenvalue weighted by atomic mass is 9.87. The van der Waals surface area contributed by atoms with Gasteiger partial charge in [-0.25, -0.2) is 0 Å². The van der Waals surface area contributed by atoms with Crippen molar-refractivity contribution in [1.29, 1.82) is 0 Å². The Morgan fingerprint density at radius 1 is 1.25 bits per heavy atom. The lowest BCUT2D eigenvalue weighted by Gasteiger charge is -2.27. The first-order valence-electron chi connectivity index (χ1n) is 6.42. The maximum absolute atomic E-state index is 11.6. The van der Waals surface area contributed by atoms with Gasteiger partial charge < -0.3 is 20.3 Å². The number of Topliss-reactive ketones (excluding diaryl/α,β-unsaturated/α-hetero) is 1. The molecule has 7 heteroatoms. The summed E-state index contributed by atoms with van der Waals surface area (Å²) in [5, 5.41) is 21.2. The van der Waals surface area contributed by atoms with Crippen LogP contribution in [0.3, 0.4) is 0 Å². The Morgan fingerprint density at radius 3 is 2.35 bits per heavy atom. The first-order chi connectivity index (χ1) is 9.20. The molecule has 0 bridgehead atoms. The van der Waals surface area contributed by atoms with Crippen LogP contribution in [0.15, 0.2) is 0 Å². The van der Waals surface area contributed by atoms with Gasteiger partial charge in [0.05, 0.1) is 13.2 Å². The second-order valence-electron chi connectivity index (χ2n) is 5.22. The largest absolute Gasteiger partial charge is 0.465 e. The maximum Gasteiger partial charge on any atom is 0.302 e. The molecule has 116 valence electrons. The van der Waals surface area contributed by atoms with Gasteiger partial charge in [-0.3, -0.25) is 14.4 Å². The Balaban J connectivity index is 3.92. The zero-order chi connectivity index (χ0) is 15.8. The van der Waals surface area contributed by atoms with E-state index in [1.807, 2.05) is 0 Å². The van der Waals surface area contributed by atoms with E-state index < -0.39 is 23.4 Å². The fourth-order valence-electron chi connectivity index (χ4n) is 1.30. The monoisotopic (exact) mass is 289 g/mol. The standard InChI is InChI=1S/C13H23NO6/c1-9(16)20-7-5-10(17)4-6-14-12(19)11(18)13(2,3)8-15/h11,15,18H,4-8H2,1-3H3,(H,14,19)/t11-/m0/s1. The highest BCUT2D eigenvalue weighted by atomic mass is 16.5. The van der Waals surface area contributed by atoms with Crippen LogP contribution < -0.4 is 5.32 Å². The number of ether oxygens (including phenoxy) is 1. The summed E-state index contributed by atoms with van der Waals surface area (Å²) in [6.45, 7) is 4.17. The molecule has 0 radical (unpaired) electrons. The molecule has 3 N–H and O–H groups in total. The van der Waals surface area contributed by atoms with Crippen molar-refractivity contribution in [3.8, 4) is 0 Å². The highest BCUT2D eigenvalue weighted by Gasteiger charge is 2.32. The van der Waals surface area contributed by atoms with E-state index in [1.165, 1.54) is 6.92 Å². The molecule has 0 saturated heterocycles. The van der Waals surface area contributed by atoms with Crippen LogP contribution >= 0.6 is 0 Å². The van der Waals surface area contributed by atoms with Gasteiger partial charge in [0, 0.05) is 31.7 Å². The van der Waals surface area contributed by atoms with E-state index >= 15 is 0 Å². The van der Waals surface area contributed by atoms with E-state index in [1.54, 1.807) is 13.8 Å². The van der Waals surface area contributed by atoms with E-state index in [9.17, 15) is 19.5 Å². The van der Waals surface area contributed by atoms with Crippen molar-refractivity contribution in [1.82, 2.24) is 5.32 Å². The second kappa shape index (κ2) is 8.65. The van der Waals surface area contributed by atoms with Crippen LogP contribution in [0.2, 0.25) is 0 Å². The van der Waals surface area contributed by atoms with Crippen molar-refractivity contribution in [2.75, 3.05) is 19.8 Å². The molecular weight excluding hydrogens is 266 g/mol. The predicted octanol–water partition coefficient (Wildman–Crippen LogP) is -0.606. The number of hydrogen-bond acceptors (Lipinski definition) is 6. The third-order valence-electron chi connectivity index (χ3n) is 2.79. The highest BCUT2D eigenvalue weighted by Crippen LogP contribution is 2.19. The van der Waals surface area contributed by atoms with Crippen LogP contribution in [-0.4, -0.2) is 53.7 Å². The van der Waals surface area contributed by atoms with Crippen molar-refractivity contribution >= 4 is 17.7 Å². The molecule has 0 fully saturated rings. The molecule has 1 amide bonds. The minimum Gasteiger partial charge on any atom is -0.465 e. The number of amides is 1. The number of carbonyl (C=O) groups excluding carboxylic acids is 3. The highest BCUT2D eigenvalue weighted by molar-refractivity contribution is 5.83. The van der Waals surface area contributed by atoms with Crippen molar-refractivity contribution in [2.45, 2.75) is 39.7 Å². The Bertz CT molecular complexity index is 353. The Hall–Kier alpha value is -1.47. The number of aliphatic hydroxyl groups excluding tert-OH is 2. The first kappa shape index (κ1) is 18.5. The quantitative estimate of drug-likeness (QED) is 0.488. The summed E-state index contributed by atoms with van der Waals surface area (Å²) >= 11 is 0. The van der Waals surface area contributed by atoms with Gasteiger partial charge in [-0.1, -0.05) is 13.8 Å². The molecule has 0 aliphatic heterocycles. The van der Waals surface area contributed by atoms with Crippen molar-refractivity contribution in [3.63, 3.8) is 0 Å². The van der Waals surface area contributed by atoms with Crippen LogP contribution in [-0.2, 0) is 19.1 Å². The summed E-state index contributed by atoms with van der Waals surface area (Å²) in [5.74, 6) is -1.22. The first-order valence-corrected chi connectivity index (χ1v) is 6.42. The fourth-order valence-corrected chi connectivity index (χ4v) is 1.30. The fraction of sp³-hybridized carbons (Fsp3) is 0.769. The third-order valence-corrected chi connectivity index (χ3v) is 2.79. The number of esters is 1. The Labute approximate surface area is 118 Å². The van der Waals surface area contributed by atoms with Gasteiger partial charge in [0.25, 0.3) is 0 Å². The zero-order valence-corrected chi connectivity index (χ0v) is 12.1. The van der Waals surface area contributed by atoms with Gasteiger partial charge >= 0.3 is 5.97 Å². The molecule has 0 saturated carbocycles. The van der Waals surface area contributed by atoms with Gasteiger partial charge in [0.2, 0.25) is 5.91 Å². The molecule has 0 aromatic rings. The van der Waals surface area contributed by atoms with Crippen LogP contribution in [0.25, 0.3) is 0 Å².